The van der Waals surface area contributed by atoms with E-state index in [9.17, 15) is 0 Å². The van der Waals surface area contributed by atoms with Crippen LogP contribution in [0.25, 0.3) is 0 Å². The smallest absolute Gasteiger partial charge is 0.0569 e. The second kappa shape index (κ2) is 5.71. The molecule has 1 rings (SSSR count). The molecule has 0 saturated heterocycles. The van der Waals surface area contributed by atoms with Gasteiger partial charge in [0, 0.05) is 19.1 Å². The Morgan fingerprint density at radius 1 is 1.40 bits per heavy atom. The molecule has 3 heteroatoms. The average Bonchev–Trinajstić information content (AvgIpc) is 2.26. The molecule has 0 amide bonds. The first-order valence-corrected chi connectivity index (χ1v) is 5.65. The zero-order valence-corrected chi connectivity index (χ0v) is 9.90. The summed E-state index contributed by atoms with van der Waals surface area (Å²) >= 11 is 0. The van der Waals surface area contributed by atoms with E-state index in [4.69, 9.17) is 5.73 Å². The van der Waals surface area contributed by atoms with Crippen LogP contribution in [0.5, 0.6) is 0 Å². The Morgan fingerprint density at radius 3 is 2.53 bits per heavy atom. The molecule has 1 atom stereocenters. The Kier molecular flexibility index (Phi) is 4.56. The summed E-state index contributed by atoms with van der Waals surface area (Å²) in [5.41, 5.74) is 7.89. The van der Waals surface area contributed by atoms with Crippen molar-refractivity contribution in [3.05, 3.63) is 24.0 Å². The molecule has 0 radical (unpaired) electrons. The lowest BCUT2D eigenvalue weighted by atomic mass is 10.2. The van der Waals surface area contributed by atoms with E-state index in [1.165, 1.54) is 5.69 Å². The summed E-state index contributed by atoms with van der Waals surface area (Å²) in [4.78, 5) is 6.68. The molecule has 3 nitrogen and oxygen atoms in total. The van der Waals surface area contributed by atoms with Crippen LogP contribution in [0, 0.1) is 0 Å². The molecule has 1 aromatic rings. The molecule has 0 fully saturated rings. The summed E-state index contributed by atoms with van der Waals surface area (Å²) in [6, 6.07) is 4.13. The van der Waals surface area contributed by atoms with Gasteiger partial charge >= 0.3 is 0 Å². The molecule has 0 aliphatic heterocycles. The summed E-state index contributed by atoms with van der Waals surface area (Å²) in [6.45, 7) is 8.40. The molecule has 0 bridgehead atoms. The number of aromatic nitrogens is 1. The highest BCUT2D eigenvalue weighted by molar-refractivity contribution is 5.44. The minimum atomic E-state index is 0.0142. The van der Waals surface area contributed by atoms with Gasteiger partial charge in [-0.3, -0.25) is 4.98 Å². The third-order valence-corrected chi connectivity index (χ3v) is 2.48. The van der Waals surface area contributed by atoms with Crippen molar-refractivity contribution in [2.45, 2.75) is 33.2 Å². The van der Waals surface area contributed by atoms with Crippen LogP contribution in [0.15, 0.2) is 18.3 Å². The van der Waals surface area contributed by atoms with E-state index in [1.807, 2.05) is 19.2 Å². The lowest BCUT2D eigenvalue weighted by Crippen LogP contribution is -2.23. The van der Waals surface area contributed by atoms with Gasteiger partial charge in [0.15, 0.2) is 0 Å². The topological polar surface area (TPSA) is 42.1 Å². The SMILES string of the molecule is CCCN(CC)c1ccc([C@@H](C)N)nc1. The minimum Gasteiger partial charge on any atom is -0.371 e. The minimum absolute atomic E-state index is 0.0142. The van der Waals surface area contributed by atoms with Crippen molar-refractivity contribution in [1.82, 2.24) is 4.98 Å². The summed E-state index contributed by atoms with van der Waals surface area (Å²) in [6.07, 6.45) is 3.07. The van der Waals surface area contributed by atoms with Crippen LogP contribution in [0.3, 0.4) is 0 Å². The molecule has 1 heterocycles. The van der Waals surface area contributed by atoms with Gasteiger partial charge in [0.2, 0.25) is 0 Å². The van der Waals surface area contributed by atoms with Crippen molar-refractivity contribution in [3.8, 4) is 0 Å². The van der Waals surface area contributed by atoms with E-state index < -0.39 is 0 Å². The zero-order valence-electron chi connectivity index (χ0n) is 9.90. The first kappa shape index (κ1) is 12.0. The molecule has 1 aromatic heterocycles. The fraction of sp³-hybridized carbons (Fsp3) is 0.583. The number of nitrogens with two attached hydrogens (primary N) is 1. The van der Waals surface area contributed by atoms with Crippen molar-refractivity contribution >= 4 is 5.69 Å². The van der Waals surface area contributed by atoms with Crippen LogP contribution in [-0.2, 0) is 0 Å². The van der Waals surface area contributed by atoms with Crippen LogP contribution in [0.1, 0.15) is 38.9 Å². The van der Waals surface area contributed by atoms with Crippen molar-refractivity contribution < 1.29 is 0 Å². The van der Waals surface area contributed by atoms with E-state index in [-0.39, 0.29) is 6.04 Å². The highest BCUT2D eigenvalue weighted by atomic mass is 15.1. The standard InChI is InChI=1S/C12H21N3/c1-4-8-15(5-2)11-6-7-12(10(3)13)14-9-11/h6-7,9-10H,4-5,8,13H2,1-3H3/t10-/m1/s1. The molecule has 0 unspecified atom stereocenters. The number of nitrogens with zero attached hydrogens (tertiary/aromatic N) is 2. The van der Waals surface area contributed by atoms with Gasteiger partial charge in [0.25, 0.3) is 0 Å². The molecular weight excluding hydrogens is 186 g/mol. The Balaban J connectivity index is 2.77. The molecule has 0 aliphatic carbocycles. The van der Waals surface area contributed by atoms with Crippen LogP contribution in [0.4, 0.5) is 5.69 Å². The van der Waals surface area contributed by atoms with Crippen molar-refractivity contribution in [2.24, 2.45) is 5.73 Å². The monoisotopic (exact) mass is 207 g/mol. The normalized spacial score (nSPS) is 12.5. The van der Waals surface area contributed by atoms with Gasteiger partial charge in [-0.2, -0.15) is 0 Å². The Hall–Kier alpha value is -1.09. The van der Waals surface area contributed by atoms with Crippen LogP contribution in [0.2, 0.25) is 0 Å². The van der Waals surface area contributed by atoms with Gasteiger partial charge in [-0.25, -0.2) is 0 Å². The predicted molar refractivity (Wildman–Crippen MR) is 65.0 cm³/mol. The molecule has 84 valence electrons. The quantitative estimate of drug-likeness (QED) is 0.805. The summed E-state index contributed by atoms with van der Waals surface area (Å²) in [5.74, 6) is 0. The third kappa shape index (κ3) is 3.20. The van der Waals surface area contributed by atoms with E-state index in [0.717, 1.165) is 25.2 Å². The van der Waals surface area contributed by atoms with E-state index in [1.54, 1.807) is 0 Å². The molecule has 2 N–H and O–H groups in total. The molecule has 0 spiro atoms. The van der Waals surface area contributed by atoms with Crippen LogP contribution < -0.4 is 10.6 Å². The van der Waals surface area contributed by atoms with E-state index in [0.29, 0.717) is 0 Å². The van der Waals surface area contributed by atoms with Gasteiger partial charge < -0.3 is 10.6 Å². The Bertz CT molecular complexity index is 279. The van der Waals surface area contributed by atoms with Crippen molar-refractivity contribution in [2.75, 3.05) is 18.0 Å². The van der Waals surface area contributed by atoms with E-state index >= 15 is 0 Å². The summed E-state index contributed by atoms with van der Waals surface area (Å²) in [7, 11) is 0. The second-order valence-electron chi connectivity index (χ2n) is 3.81. The first-order chi connectivity index (χ1) is 7.19. The van der Waals surface area contributed by atoms with Gasteiger partial charge in [0.05, 0.1) is 17.6 Å². The maximum absolute atomic E-state index is 5.75. The molecule has 0 saturated carbocycles. The maximum atomic E-state index is 5.75. The van der Waals surface area contributed by atoms with Crippen molar-refractivity contribution in [3.63, 3.8) is 0 Å². The number of anilines is 1. The van der Waals surface area contributed by atoms with Gasteiger partial charge in [-0.05, 0) is 32.4 Å². The molecule has 0 aliphatic rings. The van der Waals surface area contributed by atoms with Gasteiger partial charge in [0.1, 0.15) is 0 Å². The molecule has 15 heavy (non-hydrogen) atoms. The average molecular weight is 207 g/mol. The lowest BCUT2D eigenvalue weighted by molar-refractivity contribution is 0.767. The number of pyridine rings is 1. The summed E-state index contributed by atoms with van der Waals surface area (Å²) < 4.78 is 0. The largest absolute Gasteiger partial charge is 0.371 e. The highest BCUT2D eigenvalue weighted by Gasteiger charge is 2.05. The third-order valence-electron chi connectivity index (χ3n) is 2.48. The second-order valence-corrected chi connectivity index (χ2v) is 3.81. The number of rotatable bonds is 5. The Labute approximate surface area is 92.3 Å². The summed E-state index contributed by atoms with van der Waals surface area (Å²) in [5, 5.41) is 0. The van der Waals surface area contributed by atoms with Crippen LogP contribution >= 0.6 is 0 Å². The lowest BCUT2D eigenvalue weighted by Gasteiger charge is -2.22. The van der Waals surface area contributed by atoms with Crippen molar-refractivity contribution in [1.29, 1.82) is 0 Å². The molecule has 0 aromatic carbocycles. The predicted octanol–water partition coefficient (Wildman–Crippen LogP) is 2.34. The number of hydrogen-bond acceptors (Lipinski definition) is 3. The number of hydrogen-bond donors (Lipinski definition) is 1. The fourth-order valence-electron chi connectivity index (χ4n) is 1.59. The van der Waals surface area contributed by atoms with E-state index in [2.05, 4.69) is 29.8 Å². The maximum Gasteiger partial charge on any atom is 0.0569 e. The van der Waals surface area contributed by atoms with Gasteiger partial charge in [-0.15, -0.1) is 0 Å². The molecular formula is C12H21N3. The first-order valence-electron chi connectivity index (χ1n) is 5.65. The Morgan fingerprint density at radius 2 is 2.13 bits per heavy atom. The van der Waals surface area contributed by atoms with Gasteiger partial charge in [-0.1, -0.05) is 6.92 Å². The van der Waals surface area contributed by atoms with Crippen LogP contribution in [-0.4, -0.2) is 18.1 Å². The zero-order chi connectivity index (χ0) is 11.3. The highest BCUT2D eigenvalue weighted by Crippen LogP contribution is 2.15. The fourth-order valence-corrected chi connectivity index (χ4v) is 1.59.